The van der Waals surface area contributed by atoms with E-state index in [1.54, 1.807) is 0 Å². The summed E-state index contributed by atoms with van der Waals surface area (Å²) < 4.78 is 13.8. The van der Waals surface area contributed by atoms with Crippen LogP contribution in [-0.2, 0) is 6.54 Å². The first-order chi connectivity index (χ1) is 8.65. The Morgan fingerprint density at radius 1 is 1.28 bits per heavy atom. The van der Waals surface area contributed by atoms with Crippen LogP contribution < -0.4 is 5.32 Å². The number of hydrogen-bond donors (Lipinski definition) is 1. The molecule has 0 spiro atoms. The first-order valence-electron chi connectivity index (χ1n) is 6.80. The first kappa shape index (κ1) is 14.0. The molecule has 0 radical (unpaired) electrons. The molecule has 100 valence electrons. The smallest absolute Gasteiger partial charge is 0.124 e. The Morgan fingerprint density at radius 3 is 2.67 bits per heavy atom. The van der Waals surface area contributed by atoms with E-state index in [-0.39, 0.29) is 5.82 Å². The van der Waals surface area contributed by atoms with Crippen molar-refractivity contribution in [1.82, 2.24) is 5.32 Å². The molecule has 18 heavy (non-hydrogen) atoms. The van der Waals surface area contributed by atoms with E-state index in [1.807, 2.05) is 6.07 Å². The van der Waals surface area contributed by atoms with Crippen LogP contribution in [0.3, 0.4) is 0 Å². The number of halogens is 2. The molecule has 0 atom stereocenters. The fourth-order valence-corrected chi connectivity index (χ4v) is 3.10. The van der Waals surface area contributed by atoms with E-state index in [0.717, 1.165) is 35.0 Å². The van der Waals surface area contributed by atoms with Crippen LogP contribution in [0.15, 0.2) is 22.7 Å². The maximum absolute atomic E-state index is 12.9. The predicted molar refractivity (Wildman–Crippen MR) is 76.9 cm³/mol. The summed E-state index contributed by atoms with van der Waals surface area (Å²) >= 11 is 3.40. The van der Waals surface area contributed by atoms with Crippen molar-refractivity contribution in [3.63, 3.8) is 0 Å². The predicted octanol–water partition coefficient (Wildman–Crippen LogP) is 4.50. The summed E-state index contributed by atoms with van der Waals surface area (Å²) in [5, 5.41) is 3.49. The lowest BCUT2D eigenvalue weighted by Gasteiger charge is -2.26. The summed E-state index contributed by atoms with van der Waals surface area (Å²) in [6.07, 6.45) is 5.43. The quantitative estimate of drug-likeness (QED) is 0.862. The molecule has 2 rings (SSSR count). The van der Waals surface area contributed by atoms with Gasteiger partial charge in [0.2, 0.25) is 0 Å². The molecule has 1 aliphatic rings. The molecule has 1 N–H and O–H groups in total. The van der Waals surface area contributed by atoms with Gasteiger partial charge in [-0.3, -0.25) is 0 Å². The van der Waals surface area contributed by atoms with Crippen molar-refractivity contribution in [2.45, 2.75) is 39.2 Å². The fraction of sp³-hybridized carbons (Fsp3) is 0.600. The van der Waals surface area contributed by atoms with Crippen molar-refractivity contribution in [2.24, 2.45) is 11.8 Å². The minimum atomic E-state index is -0.188. The van der Waals surface area contributed by atoms with Gasteiger partial charge < -0.3 is 5.32 Å². The largest absolute Gasteiger partial charge is 0.312 e. The van der Waals surface area contributed by atoms with Gasteiger partial charge in [0.05, 0.1) is 0 Å². The first-order valence-corrected chi connectivity index (χ1v) is 7.59. The lowest BCUT2D eigenvalue weighted by Crippen LogP contribution is -2.25. The maximum atomic E-state index is 12.9. The van der Waals surface area contributed by atoms with Crippen LogP contribution in [0.25, 0.3) is 0 Å². The van der Waals surface area contributed by atoms with E-state index < -0.39 is 0 Å². The molecular formula is C15H21BrFN. The van der Waals surface area contributed by atoms with E-state index in [2.05, 4.69) is 28.2 Å². The summed E-state index contributed by atoms with van der Waals surface area (Å²) in [6, 6.07) is 4.89. The molecule has 1 saturated carbocycles. The summed E-state index contributed by atoms with van der Waals surface area (Å²) in [5.74, 6) is 1.54. The molecule has 0 bridgehead atoms. The van der Waals surface area contributed by atoms with E-state index in [1.165, 1.54) is 37.8 Å². The van der Waals surface area contributed by atoms with Crippen molar-refractivity contribution in [1.29, 1.82) is 0 Å². The topological polar surface area (TPSA) is 12.0 Å². The van der Waals surface area contributed by atoms with E-state index in [4.69, 9.17) is 0 Å². The fourth-order valence-electron chi connectivity index (χ4n) is 2.61. The van der Waals surface area contributed by atoms with Crippen molar-refractivity contribution in [3.05, 3.63) is 34.1 Å². The van der Waals surface area contributed by atoms with Crippen LogP contribution in [0.2, 0.25) is 0 Å². The molecule has 0 saturated heterocycles. The van der Waals surface area contributed by atoms with Crippen LogP contribution in [0, 0.1) is 17.7 Å². The molecule has 1 aliphatic carbocycles. The second-order valence-corrected chi connectivity index (χ2v) is 6.35. The average molecular weight is 314 g/mol. The molecule has 3 heteroatoms. The summed E-state index contributed by atoms with van der Waals surface area (Å²) in [6.45, 7) is 4.24. The van der Waals surface area contributed by atoms with Gasteiger partial charge in [-0.2, -0.15) is 0 Å². The highest BCUT2D eigenvalue weighted by atomic mass is 79.9. The second kappa shape index (κ2) is 6.67. The molecule has 1 aromatic carbocycles. The number of benzene rings is 1. The second-order valence-electron chi connectivity index (χ2n) is 5.49. The monoisotopic (exact) mass is 313 g/mol. The van der Waals surface area contributed by atoms with Gasteiger partial charge in [-0.15, -0.1) is 0 Å². The Hall–Kier alpha value is -0.410. The van der Waals surface area contributed by atoms with Gasteiger partial charge >= 0.3 is 0 Å². The third kappa shape index (κ3) is 4.06. The standard InChI is InChI=1S/C15H21BrFN/c1-11-2-4-12(5-3-11)9-18-10-13-6-7-14(17)8-15(13)16/h6-8,11-12,18H,2-5,9-10H2,1H3. The van der Waals surface area contributed by atoms with Crippen molar-refractivity contribution >= 4 is 15.9 Å². The van der Waals surface area contributed by atoms with Crippen molar-refractivity contribution in [2.75, 3.05) is 6.54 Å². The van der Waals surface area contributed by atoms with Crippen LogP contribution in [0.5, 0.6) is 0 Å². The van der Waals surface area contributed by atoms with Crippen molar-refractivity contribution in [3.8, 4) is 0 Å². The van der Waals surface area contributed by atoms with E-state index in [9.17, 15) is 4.39 Å². The van der Waals surface area contributed by atoms with Gasteiger partial charge in [0, 0.05) is 11.0 Å². The summed E-state index contributed by atoms with van der Waals surface area (Å²) in [7, 11) is 0. The Kier molecular flexibility index (Phi) is 5.19. The number of nitrogens with one attached hydrogen (secondary N) is 1. The van der Waals surface area contributed by atoms with Gasteiger partial charge in [0.15, 0.2) is 0 Å². The zero-order valence-corrected chi connectivity index (χ0v) is 12.5. The zero-order chi connectivity index (χ0) is 13.0. The van der Waals surface area contributed by atoms with Crippen LogP contribution in [0.4, 0.5) is 4.39 Å². The molecule has 0 aromatic heterocycles. The average Bonchev–Trinajstić information content (AvgIpc) is 2.34. The summed E-state index contributed by atoms with van der Waals surface area (Å²) in [5.41, 5.74) is 1.13. The lowest BCUT2D eigenvalue weighted by atomic mass is 9.83. The van der Waals surface area contributed by atoms with Crippen LogP contribution in [0.1, 0.15) is 38.2 Å². The molecule has 0 amide bonds. The van der Waals surface area contributed by atoms with Gasteiger partial charge in [-0.1, -0.05) is 41.8 Å². The van der Waals surface area contributed by atoms with Gasteiger partial charge in [0.1, 0.15) is 5.82 Å². The van der Waals surface area contributed by atoms with Crippen LogP contribution in [-0.4, -0.2) is 6.54 Å². The SMILES string of the molecule is CC1CCC(CNCc2ccc(F)cc2Br)CC1. The van der Waals surface area contributed by atoms with Gasteiger partial charge in [-0.25, -0.2) is 4.39 Å². The molecule has 0 aliphatic heterocycles. The Bertz CT molecular complexity index is 386. The molecule has 1 nitrogen and oxygen atoms in total. The molecule has 1 fully saturated rings. The Balaban J connectivity index is 1.75. The van der Waals surface area contributed by atoms with Crippen molar-refractivity contribution < 1.29 is 4.39 Å². The van der Waals surface area contributed by atoms with Gasteiger partial charge in [0.25, 0.3) is 0 Å². The third-order valence-electron chi connectivity index (χ3n) is 3.90. The van der Waals surface area contributed by atoms with Gasteiger partial charge in [-0.05, 0) is 48.9 Å². The number of rotatable bonds is 4. The van der Waals surface area contributed by atoms with Crippen LogP contribution >= 0.6 is 15.9 Å². The normalized spacial score (nSPS) is 24.2. The molecule has 1 aromatic rings. The van der Waals surface area contributed by atoms with E-state index >= 15 is 0 Å². The lowest BCUT2D eigenvalue weighted by molar-refractivity contribution is 0.281. The minimum absolute atomic E-state index is 0.188. The highest BCUT2D eigenvalue weighted by Crippen LogP contribution is 2.27. The Morgan fingerprint density at radius 2 is 2.00 bits per heavy atom. The third-order valence-corrected chi connectivity index (χ3v) is 4.64. The summed E-state index contributed by atoms with van der Waals surface area (Å²) in [4.78, 5) is 0. The van der Waals surface area contributed by atoms with E-state index in [0.29, 0.717) is 0 Å². The highest BCUT2D eigenvalue weighted by molar-refractivity contribution is 9.10. The molecule has 0 heterocycles. The molecule has 0 unspecified atom stereocenters. The Labute approximate surface area is 117 Å². The number of hydrogen-bond acceptors (Lipinski definition) is 1. The minimum Gasteiger partial charge on any atom is -0.312 e. The molecular weight excluding hydrogens is 293 g/mol. The maximum Gasteiger partial charge on any atom is 0.124 e. The zero-order valence-electron chi connectivity index (χ0n) is 10.9. The highest BCUT2D eigenvalue weighted by Gasteiger charge is 2.17.